The van der Waals surface area contributed by atoms with Gasteiger partial charge in [0.25, 0.3) is 10.0 Å². The quantitative estimate of drug-likeness (QED) is 0.852. The van der Waals surface area contributed by atoms with Crippen molar-refractivity contribution < 1.29 is 8.42 Å². The van der Waals surface area contributed by atoms with E-state index < -0.39 is 10.0 Å². The lowest BCUT2D eigenvalue weighted by molar-refractivity contribution is 0.594. The van der Waals surface area contributed by atoms with Gasteiger partial charge in [-0.1, -0.05) is 23.8 Å². The highest BCUT2D eigenvalue weighted by atomic mass is 32.2. The predicted octanol–water partition coefficient (Wildman–Crippen LogP) is 2.22. The van der Waals surface area contributed by atoms with E-state index in [1.54, 1.807) is 48.7 Å². The Morgan fingerprint density at radius 3 is 2.28 bits per heavy atom. The fourth-order valence-corrected chi connectivity index (χ4v) is 2.68. The third kappa shape index (κ3) is 2.36. The van der Waals surface area contributed by atoms with E-state index in [1.165, 1.54) is 11.4 Å². The van der Waals surface area contributed by atoms with Gasteiger partial charge in [0.05, 0.1) is 4.90 Å². The summed E-state index contributed by atoms with van der Waals surface area (Å²) in [5.74, 6) is 0.401. The van der Waals surface area contributed by atoms with Crippen LogP contribution in [-0.4, -0.2) is 20.4 Å². The number of hydrogen-bond donors (Lipinski definition) is 0. The average Bonchev–Trinajstić information content (AvgIpc) is 2.39. The average molecular weight is 262 g/mol. The molecule has 0 radical (unpaired) electrons. The number of rotatable bonds is 3. The molecule has 2 aromatic rings. The van der Waals surface area contributed by atoms with Crippen molar-refractivity contribution in [1.82, 2.24) is 4.98 Å². The Balaban J connectivity index is 2.40. The van der Waals surface area contributed by atoms with Crippen LogP contribution in [0, 0.1) is 6.92 Å². The van der Waals surface area contributed by atoms with Crippen LogP contribution >= 0.6 is 0 Å². The van der Waals surface area contributed by atoms with E-state index >= 15 is 0 Å². The van der Waals surface area contributed by atoms with Crippen LogP contribution in [-0.2, 0) is 10.0 Å². The second-order valence-electron chi connectivity index (χ2n) is 3.97. The Labute approximate surface area is 107 Å². The minimum Gasteiger partial charge on any atom is -0.253 e. The Morgan fingerprint density at radius 1 is 1.06 bits per heavy atom. The molecule has 0 aliphatic rings. The van der Waals surface area contributed by atoms with Crippen molar-refractivity contribution in [3.63, 3.8) is 0 Å². The third-order valence-corrected chi connectivity index (χ3v) is 4.43. The first kappa shape index (κ1) is 12.6. The number of sulfonamides is 1. The van der Waals surface area contributed by atoms with Gasteiger partial charge in [-0.2, -0.15) is 0 Å². The number of pyridine rings is 1. The molecule has 0 unspecified atom stereocenters. The molecule has 0 saturated heterocycles. The molecule has 0 atom stereocenters. The summed E-state index contributed by atoms with van der Waals surface area (Å²) in [6, 6.07) is 11.9. The molecule has 0 amide bonds. The highest BCUT2D eigenvalue weighted by Gasteiger charge is 2.21. The molecule has 1 heterocycles. The summed E-state index contributed by atoms with van der Waals surface area (Å²) in [7, 11) is -2.04. The molecule has 0 bridgehead atoms. The summed E-state index contributed by atoms with van der Waals surface area (Å²) in [6.07, 6.45) is 1.57. The highest BCUT2D eigenvalue weighted by molar-refractivity contribution is 7.92. The van der Waals surface area contributed by atoms with E-state index in [0.29, 0.717) is 5.82 Å². The van der Waals surface area contributed by atoms with E-state index in [0.717, 1.165) is 5.56 Å². The lowest BCUT2D eigenvalue weighted by atomic mass is 10.2. The van der Waals surface area contributed by atoms with Gasteiger partial charge in [0.2, 0.25) is 0 Å². The minimum atomic E-state index is -3.54. The fourth-order valence-electron chi connectivity index (χ4n) is 1.53. The largest absolute Gasteiger partial charge is 0.265 e. The van der Waals surface area contributed by atoms with Crippen LogP contribution in [0.2, 0.25) is 0 Å². The monoisotopic (exact) mass is 262 g/mol. The van der Waals surface area contributed by atoms with E-state index in [-0.39, 0.29) is 4.90 Å². The molecule has 18 heavy (non-hydrogen) atoms. The van der Waals surface area contributed by atoms with E-state index in [4.69, 9.17) is 0 Å². The second kappa shape index (κ2) is 4.78. The SMILES string of the molecule is Cc1ccc(S(=O)(=O)N(C)c2ccccn2)cc1. The normalized spacial score (nSPS) is 11.2. The van der Waals surface area contributed by atoms with Gasteiger partial charge in [0.15, 0.2) is 0 Å². The Bertz CT molecular complexity index is 622. The maximum absolute atomic E-state index is 12.3. The third-order valence-electron chi connectivity index (χ3n) is 2.65. The lowest BCUT2D eigenvalue weighted by Gasteiger charge is -2.18. The summed E-state index contributed by atoms with van der Waals surface area (Å²) in [4.78, 5) is 4.30. The minimum absolute atomic E-state index is 0.265. The van der Waals surface area contributed by atoms with Crippen LogP contribution in [0.25, 0.3) is 0 Å². The molecule has 1 aromatic heterocycles. The van der Waals surface area contributed by atoms with Gasteiger partial charge in [-0.25, -0.2) is 13.4 Å². The first-order chi connectivity index (χ1) is 8.51. The van der Waals surface area contributed by atoms with Crippen LogP contribution in [0.4, 0.5) is 5.82 Å². The van der Waals surface area contributed by atoms with Crippen molar-refractivity contribution in [2.24, 2.45) is 0 Å². The molecule has 94 valence electrons. The number of benzene rings is 1. The number of aromatic nitrogens is 1. The van der Waals surface area contributed by atoms with E-state index in [1.807, 2.05) is 6.92 Å². The molecule has 4 nitrogen and oxygen atoms in total. The van der Waals surface area contributed by atoms with Gasteiger partial charge < -0.3 is 0 Å². The number of hydrogen-bond acceptors (Lipinski definition) is 3. The molecular formula is C13H14N2O2S. The van der Waals surface area contributed by atoms with Crippen molar-refractivity contribution >= 4 is 15.8 Å². The zero-order valence-corrected chi connectivity index (χ0v) is 11.1. The molecule has 0 aliphatic carbocycles. The Kier molecular flexibility index (Phi) is 3.34. The van der Waals surface area contributed by atoms with Gasteiger partial charge in [-0.15, -0.1) is 0 Å². The summed E-state index contributed by atoms with van der Waals surface area (Å²) >= 11 is 0. The molecule has 2 rings (SSSR count). The second-order valence-corrected chi connectivity index (χ2v) is 5.94. The predicted molar refractivity (Wildman–Crippen MR) is 71.0 cm³/mol. The van der Waals surface area contributed by atoms with Crippen molar-refractivity contribution in [2.45, 2.75) is 11.8 Å². The molecule has 0 fully saturated rings. The van der Waals surface area contributed by atoms with Crippen LogP contribution in [0.3, 0.4) is 0 Å². The standard InChI is InChI=1S/C13H14N2O2S/c1-11-6-8-12(9-7-11)18(16,17)15(2)13-5-3-4-10-14-13/h3-10H,1-2H3. The molecule has 0 saturated carbocycles. The number of aryl methyl sites for hydroxylation is 1. The zero-order chi connectivity index (χ0) is 13.2. The number of nitrogens with zero attached hydrogens (tertiary/aromatic N) is 2. The van der Waals surface area contributed by atoms with Crippen molar-refractivity contribution in [3.8, 4) is 0 Å². The molecule has 1 aromatic carbocycles. The molecule has 0 aliphatic heterocycles. The van der Waals surface area contributed by atoms with Gasteiger partial charge in [-0.05, 0) is 31.2 Å². The van der Waals surface area contributed by atoms with Crippen LogP contribution in [0.15, 0.2) is 53.6 Å². The van der Waals surface area contributed by atoms with Crippen molar-refractivity contribution in [1.29, 1.82) is 0 Å². The van der Waals surface area contributed by atoms with E-state index in [9.17, 15) is 8.42 Å². The Morgan fingerprint density at radius 2 is 1.72 bits per heavy atom. The lowest BCUT2D eigenvalue weighted by Crippen LogP contribution is -2.27. The Hall–Kier alpha value is -1.88. The van der Waals surface area contributed by atoms with Gasteiger partial charge in [-0.3, -0.25) is 4.31 Å². The van der Waals surface area contributed by atoms with Crippen LogP contribution in [0.1, 0.15) is 5.56 Å². The first-order valence-corrected chi connectivity index (χ1v) is 6.92. The maximum Gasteiger partial charge on any atom is 0.265 e. The van der Waals surface area contributed by atoms with Crippen molar-refractivity contribution in [2.75, 3.05) is 11.4 Å². The smallest absolute Gasteiger partial charge is 0.253 e. The van der Waals surface area contributed by atoms with Crippen molar-refractivity contribution in [3.05, 3.63) is 54.2 Å². The highest BCUT2D eigenvalue weighted by Crippen LogP contribution is 2.19. The van der Waals surface area contributed by atoms with Gasteiger partial charge in [0, 0.05) is 13.2 Å². The van der Waals surface area contributed by atoms with E-state index in [2.05, 4.69) is 4.98 Å². The summed E-state index contributed by atoms with van der Waals surface area (Å²) < 4.78 is 25.8. The molecule has 5 heteroatoms. The van der Waals surface area contributed by atoms with Gasteiger partial charge in [0.1, 0.15) is 5.82 Å². The zero-order valence-electron chi connectivity index (χ0n) is 10.2. The molecule has 0 N–H and O–H groups in total. The topological polar surface area (TPSA) is 50.3 Å². The van der Waals surface area contributed by atoms with Crippen LogP contribution in [0.5, 0.6) is 0 Å². The summed E-state index contributed by atoms with van der Waals surface area (Å²) in [5.41, 5.74) is 1.02. The first-order valence-electron chi connectivity index (χ1n) is 5.48. The fraction of sp³-hybridized carbons (Fsp3) is 0.154. The van der Waals surface area contributed by atoms with Gasteiger partial charge >= 0.3 is 0 Å². The summed E-state index contributed by atoms with van der Waals surface area (Å²) in [6.45, 7) is 1.92. The van der Waals surface area contributed by atoms with Crippen LogP contribution < -0.4 is 4.31 Å². The summed E-state index contributed by atoms with van der Waals surface area (Å²) in [5, 5.41) is 0. The maximum atomic E-state index is 12.3. The molecule has 0 spiro atoms. The molecular weight excluding hydrogens is 248 g/mol. The number of anilines is 1.